The normalized spacial score (nSPS) is 16.9. The van der Waals surface area contributed by atoms with E-state index < -0.39 is 21.4 Å². The Kier molecular flexibility index (Phi) is 9.41. The molecule has 1 amide bonds. The van der Waals surface area contributed by atoms with E-state index in [1.165, 1.54) is 63.0 Å². The van der Waals surface area contributed by atoms with Crippen molar-refractivity contribution in [2.45, 2.75) is 70.6 Å². The van der Waals surface area contributed by atoms with E-state index in [0.29, 0.717) is 11.6 Å². The van der Waals surface area contributed by atoms with E-state index in [-0.39, 0.29) is 17.7 Å². The minimum atomic E-state index is -0.713. The van der Waals surface area contributed by atoms with Crippen LogP contribution in [0, 0.1) is 26.1 Å². The van der Waals surface area contributed by atoms with Crippen molar-refractivity contribution in [3.63, 3.8) is 0 Å². The summed E-state index contributed by atoms with van der Waals surface area (Å²) in [6.45, 7) is 2.26. The number of nitrogens with zero attached hydrogens (tertiary/aromatic N) is 2. The van der Waals surface area contributed by atoms with E-state index in [0.717, 1.165) is 29.2 Å². The fourth-order valence-electron chi connectivity index (χ4n) is 5.52. The quantitative estimate of drug-likeness (QED) is 0.153. The van der Waals surface area contributed by atoms with Crippen LogP contribution in [-0.4, -0.2) is 15.8 Å². The Labute approximate surface area is 228 Å². The molecule has 8 nitrogen and oxygen atoms in total. The summed E-state index contributed by atoms with van der Waals surface area (Å²) in [5.74, 6) is 1.10. The van der Waals surface area contributed by atoms with Gasteiger partial charge in [0.2, 0.25) is 5.91 Å². The Bertz CT molecular complexity index is 1300. The highest BCUT2D eigenvalue weighted by molar-refractivity contribution is 5.93. The molecular formula is C31H35N3O5. The number of carbonyl (C=O) groups is 1. The van der Waals surface area contributed by atoms with Crippen molar-refractivity contribution in [1.29, 1.82) is 0 Å². The summed E-state index contributed by atoms with van der Waals surface area (Å²) >= 11 is 0. The molecule has 4 rings (SSSR count). The van der Waals surface area contributed by atoms with Gasteiger partial charge in [-0.3, -0.25) is 25.0 Å². The predicted octanol–water partition coefficient (Wildman–Crippen LogP) is 8.21. The number of non-ortho nitro benzene ring substituents is 1. The summed E-state index contributed by atoms with van der Waals surface area (Å²) < 4.78 is 0. The molecule has 204 valence electrons. The van der Waals surface area contributed by atoms with Crippen LogP contribution >= 0.6 is 0 Å². The Morgan fingerprint density at radius 1 is 0.846 bits per heavy atom. The van der Waals surface area contributed by atoms with E-state index >= 15 is 0 Å². The van der Waals surface area contributed by atoms with Crippen LogP contribution in [0.2, 0.25) is 0 Å². The second kappa shape index (κ2) is 13.1. The highest BCUT2D eigenvalue weighted by Crippen LogP contribution is 2.38. The molecule has 0 unspecified atom stereocenters. The lowest BCUT2D eigenvalue weighted by molar-refractivity contribution is -0.394. The van der Waals surface area contributed by atoms with Gasteiger partial charge in [0, 0.05) is 17.3 Å². The van der Waals surface area contributed by atoms with Gasteiger partial charge in [-0.25, -0.2) is 0 Å². The van der Waals surface area contributed by atoms with Crippen LogP contribution in [0.5, 0.6) is 0 Å². The molecule has 1 fully saturated rings. The number of nitrogens with one attached hydrogen (secondary N) is 1. The summed E-state index contributed by atoms with van der Waals surface area (Å²) in [6, 6.07) is 19.5. The molecule has 0 saturated heterocycles. The average Bonchev–Trinajstić information content (AvgIpc) is 2.94. The second-order valence-corrected chi connectivity index (χ2v) is 10.5. The van der Waals surface area contributed by atoms with Crippen molar-refractivity contribution in [3.05, 3.63) is 98.1 Å². The lowest BCUT2D eigenvalue weighted by Gasteiger charge is -2.29. The van der Waals surface area contributed by atoms with Crippen LogP contribution in [0.1, 0.15) is 75.3 Å². The molecule has 0 bridgehead atoms. The summed E-state index contributed by atoms with van der Waals surface area (Å²) in [7, 11) is 0. The molecule has 1 aliphatic rings. The van der Waals surface area contributed by atoms with Crippen molar-refractivity contribution in [1.82, 2.24) is 0 Å². The van der Waals surface area contributed by atoms with Gasteiger partial charge in [0.25, 0.3) is 11.4 Å². The molecule has 3 aromatic rings. The van der Waals surface area contributed by atoms with Crippen LogP contribution in [0.3, 0.4) is 0 Å². The van der Waals surface area contributed by atoms with Gasteiger partial charge in [0.1, 0.15) is 0 Å². The van der Waals surface area contributed by atoms with Crippen molar-refractivity contribution in [2.24, 2.45) is 5.92 Å². The first-order chi connectivity index (χ1) is 18.8. The van der Waals surface area contributed by atoms with Crippen LogP contribution in [0.25, 0.3) is 11.1 Å². The first kappa shape index (κ1) is 28.0. The number of carbonyl (C=O) groups excluding carboxylic acids is 1. The maximum atomic E-state index is 12.5. The highest BCUT2D eigenvalue weighted by atomic mass is 16.6. The highest BCUT2D eigenvalue weighted by Gasteiger charge is 2.23. The van der Waals surface area contributed by atoms with E-state index in [4.69, 9.17) is 0 Å². The van der Waals surface area contributed by atoms with E-state index in [1.54, 1.807) is 12.1 Å². The largest absolute Gasteiger partial charge is 0.326 e. The lowest BCUT2D eigenvalue weighted by atomic mass is 9.77. The molecule has 39 heavy (non-hydrogen) atoms. The smallest absolute Gasteiger partial charge is 0.279 e. The van der Waals surface area contributed by atoms with Crippen molar-refractivity contribution in [3.8, 4) is 11.1 Å². The van der Waals surface area contributed by atoms with Gasteiger partial charge in [-0.1, -0.05) is 69.0 Å². The van der Waals surface area contributed by atoms with Gasteiger partial charge >= 0.3 is 0 Å². The topological polar surface area (TPSA) is 115 Å². The standard InChI is InChI=1S/C31H35N3O5/c1-2-3-4-5-22-6-8-23(9-7-22)24-10-12-25(13-11-24)26-14-17-28(18-15-26)32-31(35)20-27-16-19-29(33(36)37)21-30(27)34(38)39/h10-19,21-23H,2-9,20H2,1H3,(H,32,35). The zero-order valence-electron chi connectivity index (χ0n) is 22.3. The maximum Gasteiger partial charge on any atom is 0.279 e. The van der Waals surface area contributed by atoms with E-state index in [2.05, 4.69) is 36.5 Å². The number of rotatable bonds is 11. The third kappa shape index (κ3) is 7.50. The summed E-state index contributed by atoms with van der Waals surface area (Å²) in [6.07, 6.45) is 10.3. The molecule has 0 radical (unpaired) electrons. The number of nitro groups is 2. The van der Waals surface area contributed by atoms with Gasteiger partial charge in [-0.05, 0) is 72.4 Å². The first-order valence-electron chi connectivity index (χ1n) is 13.8. The van der Waals surface area contributed by atoms with Gasteiger partial charge in [0.05, 0.1) is 22.3 Å². The first-order valence-corrected chi connectivity index (χ1v) is 13.8. The predicted molar refractivity (Wildman–Crippen MR) is 153 cm³/mol. The summed E-state index contributed by atoms with van der Waals surface area (Å²) in [4.78, 5) is 33.4. The number of hydrogen-bond donors (Lipinski definition) is 1. The lowest BCUT2D eigenvalue weighted by Crippen LogP contribution is -2.15. The molecule has 3 aromatic carbocycles. The van der Waals surface area contributed by atoms with Crippen LogP contribution in [0.15, 0.2) is 66.7 Å². The summed E-state index contributed by atoms with van der Waals surface area (Å²) in [5, 5.41) is 25.0. The fraction of sp³-hybridized carbons (Fsp3) is 0.387. The molecule has 0 aromatic heterocycles. The Balaban J connectivity index is 1.32. The van der Waals surface area contributed by atoms with Crippen LogP contribution in [-0.2, 0) is 11.2 Å². The SMILES string of the molecule is CCCCCC1CCC(c2ccc(-c3ccc(NC(=O)Cc4ccc([N+](=O)[O-])cc4[N+](=O)[O-])cc3)cc2)CC1. The molecule has 0 atom stereocenters. The molecule has 1 aliphatic carbocycles. The number of unbranched alkanes of at least 4 members (excludes halogenated alkanes) is 2. The number of anilines is 1. The number of hydrogen-bond acceptors (Lipinski definition) is 5. The molecular weight excluding hydrogens is 494 g/mol. The third-order valence-electron chi connectivity index (χ3n) is 7.77. The van der Waals surface area contributed by atoms with Crippen molar-refractivity contribution < 1.29 is 14.6 Å². The van der Waals surface area contributed by atoms with Gasteiger partial charge in [-0.2, -0.15) is 0 Å². The Morgan fingerprint density at radius 3 is 2.08 bits per heavy atom. The number of amides is 1. The van der Waals surface area contributed by atoms with Crippen molar-refractivity contribution >= 4 is 23.0 Å². The molecule has 0 spiro atoms. The summed E-state index contributed by atoms with van der Waals surface area (Å²) in [5.41, 5.74) is 3.40. The van der Waals surface area contributed by atoms with Crippen LogP contribution in [0.4, 0.5) is 17.1 Å². The van der Waals surface area contributed by atoms with E-state index in [1.807, 2.05) is 12.1 Å². The zero-order valence-corrected chi connectivity index (χ0v) is 22.3. The van der Waals surface area contributed by atoms with Gasteiger partial charge in [-0.15, -0.1) is 0 Å². The average molecular weight is 530 g/mol. The minimum absolute atomic E-state index is 0.116. The minimum Gasteiger partial charge on any atom is -0.326 e. The number of benzene rings is 3. The van der Waals surface area contributed by atoms with Crippen LogP contribution < -0.4 is 5.32 Å². The van der Waals surface area contributed by atoms with Gasteiger partial charge in [0.15, 0.2) is 0 Å². The third-order valence-corrected chi connectivity index (χ3v) is 7.77. The van der Waals surface area contributed by atoms with Gasteiger partial charge < -0.3 is 5.32 Å². The molecule has 0 heterocycles. The molecule has 0 aliphatic heterocycles. The number of nitro benzene ring substituents is 2. The molecule has 1 N–H and O–H groups in total. The zero-order chi connectivity index (χ0) is 27.8. The maximum absolute atomic E-state index is 12.5. The molecule has 8 heteroatoms. The monoisotopic (exact) mass is 529 g/mol. The Morgan fingerprint density at radius 2 is 1.49 bits per heavy atom. The Hall–Kier alpha value is -4.07. The second-order valence-electron chi connectivity index (χ2n) is 10.5. The van der Waals surface area contributed by atoms with E-state index in [9.17, 15) is 25.0 Å². The molecule has 1 saturated carbocycles. The fourth-order valence-corrected chi connectivity index (χ4v) is 5.52. The van der Waals surface area contributed by atoms with Crippen molar-refractivity contribution in [2.75, 3.05) is 5.32 Å².